The molecular weight excluding hydrogens is 168 g/mol. The molecule has 0 rings (SSSR count). The number of carbonyl (C=O) groups is 1. The Morgan fingerprint density at radius 2 is 2.08 bits per heavy atom. The molecule has 0 fully saturated rings. The predicted octanol–water partition coefficient (Wildman–Crippen LogP) is 2.27. The second kappa shape index (κ2) is 7.80. The number of esters is 1. The fourth-order valence-corrected chi connectivity index (χ4v) is 0.647. The zero-order valence-corrected chi connectivity index (χ0v) is 8.47. The molecule has 0 saturated heterocycles. The molecule has 0 aromatic heterocycles. The molecule has 0 saturated carbocycles. The first-order chi connectivity index (χ1) is 6.22. The summed E-state index contributed by atoms with van der Waals surface area (Å²) in [6, 6.07) is 0. The van der Waals surface area contributed by atoms with Crippen molar-refractivity contribution in [2.45, 2.75) is 33.1 Å². The maximum absolute atomic E-state index is 11.0. The van der Waals surface area contributed by atoms with Crippen LogP contribution in [0.2, 0.25) is 0 Å². The molecule has 0 unspecified atom stereocenters. The first kappa shape index (κ1) is 12.2. The smallest absolute Gasteiger partial charge is 0.335 e. The summed E-state index contributed by atoms with van der Waals surface area (Å²) in [5.41, 5.74) is 0.485. The number of ether oxygens (including phenoxy) is 2. The van der Waals surface area contributed by atoms with E-state index in [0.717, 1.165) is 12.8 Å². The maximum atomic E-state index is 11.0. The lowest BCUT2D eigenvalue weighted by molar-refractivity contribution is -0.151. The molecule has 0 aliphatic carbocycles. The van der Waals surface area contributed by atoms with Crippen molar-refractivity contribution < 1.29 is 14.3 Å². The van der Waals surface area contributed by atoms with Gasteiger partial charge in [-0.1, -0.05) is 26.8 Å². The van der Waals surface area contributed by atoms with E-state index >= 15 is 0 Å². The van der Waals surface area contributed by atoms with Gasteiger partial charge in [-0.25, -0.2) is 4.79 Å². The summed E-state index contributed by atoms with van der Waals surface area (Å²) in [5.74, 6) is -0.362. The summed E-state index contributed by atoms with van der Waals surface area (Å²) >= 11 is 0. The Labute approximate surface area is 79.7 Å². The quantitative estimate of drug-likeness (QED) is 0.265. The summed E-state index contributed by atoms with van der Waals surface area (Å²) in [6.45, 7) is 8.18. The average Bonchev–Trinajstić information content (AvgIpc) is 2.16. The molecule has 0 bridgehead atoms. The number of carbonyl (C=O) groups excluding carboxylic acids is 1. The third kappa shape index (κ3) is 6.34. The molecule has 3 nitrogen and oxygen atoms in total. The van der Waals surface area contributed by atoms with Gasteiger partial charge in [-0.15, -0.1) is 0 Å². The molecule has 0 aromatic carbocycles. The fourth-order valence-electron chi connectivity index (χ4n) is 0.647. The second-order valence-corrected chi connectivity index (χ2v) is 2.77. The van der Waals surface area contributed by atoms with Crippen molar-refractivity contribution in [1.82, 2.24) is 0 Å². The largest absolute Gasteiger partial charge is 0.435 e. The van der Waals surface area contributed by atoms with E-state index in [4.69, 9.17) is 9.47 Å². The molecule has 13 heavy (non-hydrogen) atoms. The molecule has 0 spiro atoms. The Morgan fingerprint density at radius 3 is 2.62 bits per heavy atom. The van der Waals surface area contributed by atoms with E-state index < -0.39 is 0 Å². The van der Waals surface area contributed by atoms with Crippen molar-refractivity contribution in [1.29, 1.82) is 0 Å². The zero-order valence-electron chi connectivity index (χ0n) is 8.47. The second-order valence-electron chi connectivity index (χ2n) is 2.77. The number of rotatable bonds is 7. The van der Waals surface area contributed by atoms with Crippen LogP contribution in [0.5, 0.6) is 0 Å². The van der Waals surface area contributed by atoms with Crippen LogP contribution in [-0.2, 0) is 14.3 Å². The molecular formula is C10H18O3. The topological polar surface area (TPSA) is 35.5 Å². The number of hydrogen-bond donors (Lipinski definition) is 0. The summed E-state index contributed by atoms with van der Waals surface area (Å²) in [4.78, 5) is 11.0. The maximum Gasteiger partial charge on any atom is 0.335 e. The van der Waals surface area contributed by atoms with Crippen molar-refractivity contribution in [3.05, 3.63) is 12.2 Å². The highest BCUT2D eigenvalue weighted by atomic mass is 16.7. The van der Waals surface area contributed by atoms with Crippen LogP contribution in [0.4, 0.5) is 0 Å². The third-order valence-electron chi connectivity index (χ3n) is 1.63. The molecule has 0 aliphatic heterocycles. The van der Waals surface area contributed by atoms with E-state index in [9.17, 15) is 4.79 Å². The van der Waals surface area contributed by atoms with Crippen molar-refractivity contribution in [3.8, 4) is 0 Å². The Hall–Kier alpha value is -0.830. The van der Waals surface area contributed by atoms with Gasteiger partial charge in [0.15, 0.2) is 6.79 Å². The van der Waals surface area contributed by atoms with Gasteiger partial charge in [0.05, 0.1) is 6.61 Å². The van der Waals surface area contributed by atoms with Gasteiger partial charge < -0.3 is 9.47 Å². The monoisotopic (exact) mass is 186 g/mol. The van der Waals surface area contributed by atoms with Crippen molar-refractivity contribution in [2.75, 3.05) is 13.4 Å². The third-order valence-corrected chi connectivity index (χ3v) is 1.63. The van der Waals surface area contributed by atoms with E-state index in [1.54, 1.807) is 0 Å². The predicted molar refractivity (Wildman–Crippen MR) is 51.3 cm³/mol. The minimum Gasteiger partial charge on any atom is -0.435 e. The van der Waals surface area contributed by atoms with Crippen LogP contribution in [0.25, 0.3) is 0 Å². The van der Waals surface area contributed by atoms with E-state index in [1.807, 2.05) is 6.92 Å². The summed E-state index contributed by atoms with van der Waals surface area (Å²) in [7, 11) is 0. The minimum absolute atomic E-state index is 0.0395. The first-order valence-corrected chi connectivity index (χ1v) is 4.65. The lowest BCUT2D eigenvalue weighted by atomic mass is 10.2. The SMILES string of the molecule is C=C(CC)C(=O)OCOCCCC. The van der Waals surface area contributed by atoms with Crippen LogP contribution in [-0.4, -0.2) is 19.4 Å². The summed E-state index contributed by atoms with van der Waals surface area (Å²) in [6.07, 6.45) is 2.69. The Kier molecular flexibility index (Phi) is 7.30. The van der Waals surface area contributed by atoms with Crippen LogP contribution in [0, 0.1) is 0 Å². The van der Waals surface area contributed by atoms with Crippen molar-refractivity contribution >= 4 is 5.97 Å². The van der Waals surface area contributed by atoms with Crippen LogP contribution in [0.3, 0.4) is 0 Å². The number of unbranched alkanes of at least 4 members (excludes halogenated alkanes) is 1. The van der Waals surface area contributed by atoms with Crippen LogP contribution < -0.4 is 0 Å². The molecule has 0 aromatic rings. The Morgan fingerprint density at radius 1 is 1.38 bits per heavy atom. The Balaban J connectivity index is 3.32. The van der Waals surface area contributed by atoms with E-state index in [-0.39, 0.29) is 12.8 Å². The normalized spacial score (nSPS) is 9.69. The molecule has 0 radical (unpaired) electrons. The standard InChI is InChI=1S/C10H18O3/c1-4-6-7-12-8-13-10(11)9(3)5-2/h3-8H2,1-2H3. The van der Waals surface area contributed by atoms with Crippen LogP contribution in [0.15, 0.2) is 12.2 Å². The molecule has 0 heterocycles. The van der Waals surface area contributed by atoms with E-state index in [1.165, 1.54) is 0 Å². The minimum atomic E-state index is -0.362. The van der Waals surface area contributed by atoms with Gasteiger partial charge >= 0.3 is 5.97 Å². The zero-order chi connectivity index (χ0) is 10.1. The molecule has 0 aliphatic rings. The van der Waals surface area contributed by atoms with Gasteiger partial charge in [0, 0.05) is 5.57 Å². The Bertz CT molecular complexity index is 164. The molecule has 0 N–H and O–H groups in total. The summed E-state index contributed by atoms with van der Waals surface area (Å²) in [5, 5.41) is 0. The average molecular weight is 186 g/mol. The highest BCUT2D eigenvalue weighted by Gasteiger charge is 2.04. The van der Waals surface area contributed by atoms with Crippen LogP contribution in [0.1, 0.15) is 33.1 Å². The number of hydrogen-bond acceptors (Lipinski definition) is 3. The highest BCUT2D eigenvalue weighted by molar-refractivity contribution is 5.87. The molecule has 76 valence electrons. The van der Waals surface area contributed by atoms with Gasteiger partial charge in [0.1, 0.15) is 0 Å². The lowest BCUT2D eigenvalue weighted by Gasteiger charge is -2.05. The lowest BCUT2D eigenvalue weighted by Crippen LogP contribution is -2.10. The van der Waals surface area contributed by atoms with E-state index in [2.05, 4.69) is 13.5 Å². The molecule has 0 atom stereocenters. The van der Waals surface area contributed by atoms with Gasteiger partial charge in [-0.05, 0) is 12.8 Å². The van der Waals surface area contributed by atoms with Gasteiger partial charge in [-0.3, -0.25) is 0 Å². The molecule has 0 amide bonds. The fraction of sp³-hybridized carbons (Fsp3) is 0.700. The van der Waals surface area contributed by atoms with E-state index in [0.29, 0.717) is 18.6 Å². The first-order valence-electron chi connectivity index (χ1n) is 4.65. The van der Waals surface area contributed by atoms with Crippen molar-refractivity contribution in [3.63, 3.8) is 0 Å². The highest BCUT2D eigenvalue weighted by Crippen LogP contribution is 1.99. The van der Waals surface area contributed by atoms with Crippen molar-refractivity contribution in [2.24, 2.45) is 0 Å². The molecule has 3 heteroatoms. The van der Waals surface area contributed by atoms with Gasteiger partial charge in [-0.2, -0.15) is 0 Å². The van der Waals surface area contributed by atoms with Gasteiger partial charge in [0.25, 0.3) is 0 Å². The van der Waals surface area contributed by atoms with Crippen LogP contribution >= 0.6 is 0 Å². The summed E-state index contributed by atoms with van der Waals surface area (Å²) < 4.78 is 9.84. The van der Waals surface area contributed by atoms with Gasteiger partial charge in [0.2, 0.25) is 0 Å².